The second-order valence-corrected chi connectivity index (χ2v) is 6.13. The molecule has 0 aliphatic heterocycles. The number of ether oxygens (including phenoxy) is 1. The molecule has 160 valence electrons. The SMILES string of the molecule is C=CC(=O)Nc1cccc(Nc2nc(Nc3ccc(OCCO)c(F)c3)ncc2F)c1. The quantitative estimate of drug-likeness (QED) is 0.385. The van der Waals surface area contributed by atoms with Crippen molar-refractivity contribution in [2.45, 2.75) is 0 Å². The van der Waals surface area contributed by atoms with Crippen LogP contribution in [0.15, 0.2) is 61.3 Å². The third kappa shape index (κ3) is 5.97. The zero-order valence-electron chi connectivity index (χ0n) is 16.2. The molecule has 10 heteroatoms. The van der Waals surface area contributed by atoms with Gasteiger partial charge in [-0.3, -0.25) is 4.79 Å². The Hall–Kier alpha value is -4.05. The minimum absolute atomic E-state index is 0.00888. The average Bonchev–Trinajstić information content (AvgIpc) is 2.76. The number of nitrogens with zero attached hydrogens (tertiary/aromatic N) is 2. The fourth-order valence-corrected chi connectivity index (χ4v) is 2.50. The van der Waals surface area contributed by atoms with Crippen LogP contribution in [0.25, 0.3) is 0 Å². The molecule has 3 aromatic rings. The van der Waals surface area contributed by atoms with E-state index in [1.807, 2.05) is 0 Å². The normalized spacial score (nSPS) is 10.3. The maximum atomic E-state index is 14.2. The molecule has 1 amide bonds. The van der Waals surface area contributed by atoms with Crippen molar-refractivity contribution in [2.75, 3.05) is 29.2 Å². The molecule has 0 spiro atoms. The molecule has 0 radical (unpaired) electrons. The van der Waals surface area contributed by atoms with Crippen LogP contribution in [0, 0.1) is 11.6 Å². The fourth-order valence-electron chi connectivity index (χ4n) is 2.50. The van der Waals surface area contributed by atoms with Crippen molar-refractivity contribution < 1.29 is 23.4 Å². The van der Waals surface area contributed by atoms with Crippen LogP contribution < -0.4 is 20.7 Å². The standard InChI is InChI=1S/C21H19F2N5O3/c1-2-19(30)25-13-4-3-5-14(10-13)26-20-17(23)12-24-21(28-20)27-15-6-7-18(16(22)11-15)31-9-8-29/h2-7,10-12,29H,1,8-9H2,(H,25,30)(H2,24,26,27,28). The Kier molecular flexibility index (Phi) is 7.07. The number of aromatic nitrogens is 2. The van der Waals surface area contributed by atoms with Gasteiger partial charge in [-0.25, -0.2) is 13.8 Å². The van der Waals surface area contributed by atoms with E-state index in [-0.39, 0.29) is 36.6 Å². The highest BCUT2D eigenvalue weighted by atomic mass is 19.1. The average molecular weight is 427 g/mol. The van der Waals surface area contributed by atoms with Gasteiger partial charge in [-0.2, -0.15) is 4.98 Å². The molecule has 0 bridgehead atoms. The third-order valence-corrected chi connectivity index (χ3v) is 3.86. The van der Waals surface area contributed by atoms with Crippen molar-refractivity contribution in [3.63, 3.8) is 0 Å². The molecule has 0 fully saturated rings. The lowest BCUT2D eigenvalue weighted by Gasteiger charge is -2.11. The van der Waals surface area contributed by atoms with E-state index >= 15 is 0 Å². The van der Waals surface area contributed by atoms with Crippen molar-refractivity contribution in [1.82, 2.24) is 9.97 Å². The van der Waals surface area contributed by atoms with Gasteiger partial charge in [-0.05, 0) is 36.4 Å². The van der Waals surface area contributed by atoms with Gasteiger partial charge in [0.05, 0.1) is 12.8 Å². The van der Waals surface area contributed by atoms with Crippen molar-refractivity contribution in [3.05, 3.63) is 73.0 Å². The van der Waals surface area contributed by atoms with E-state index in [0.717, 1.165) is 18.3 Å². The number of aliphatic hydroxyl groups excluding tert-OH is 1. The van der Waals surface area contributed by atoms with Crippen LogP contribution in [0.2, 0.25) is 0 Å². The highest BCUT2D eigenvalue weighted by molar-refractivity contribution is 5.99. The van der Waals surface area contributed by atoms with E-state index in [0.29, 0.717) is 17.1 Å². The molecule has 8 nitrogen and oxygen atoms in total. The molecule has 1 heterocycles. The molecular formula is C21H19F2N5O3. The summed E-state index contributed by atoms with van der Waals surface area (Å²) in [5.41, 5.74) is 1.28. The Morgan fingerprint density at radius 1 is 1.10 bits per heavy atom. The molecule has 0 aliphatic rings. The first-order valence-corrected chi connectivity index (χ1v) is 9.12. The Bertz CT molecular complexity index is 1090. The van der Waals surface area contributed by atoms with Crippen molar-refractivity contribution in [3.8, 4) is 5.75 Å². The van der Waals surface area contributed by atoms with Gasteiger partial charge < -0.3 is 25.8 Å². The molecular weight excluding hydrogens is 408 g/mol. The number of carbonyl (C=O) groups excluding carboxylic acids is 1. The number of anilines is 5. The summed E-state index contributed by atoms with van der Waals surface area (Å²) in [4.78, 5) is 19.4. The van der Waals surface area contributed by atoms with Gasteiger partial charge in [0.25, 0.3) is 0 Å². The largest absolute Gasteiger partial charge is 0.488 e. The summed E-state index contributed by atoms with van der Waals surface area (Å²) in [6, 6.07) is 10.7. The Morgan fingerprint density at radius 2 is 1.87 bits per heavy atom. The number of amides is 1. The van der Waals surface area contributed by atoms with Gasteiger partial charge in [-0.1, -0.05) is 12.6 Å². The first-order valence-electron chi connectivity index (χ1n) is 9.12. The summed E-state index contributed by atoms with van der Waals surface area (Å²) in [5, 5.41) is 17.0. The number of benzene rings is 2. The molecule has 0 atom stereocenters. The van der Waals surface area contributed by atoms with Crippen LogP contribution in [0.4, 0.5) is 37.6 Å². The van der Waals surface area contributed by atoms with Gasteiger partial charge in [0.2, 0.25) is 11.9 Å². The van der Waals surface area contributed by atoms with E-state index in [1.54, 1.807) is 24.3 Å². The van der Waals surface area contributed by atoms with Crippen LogP contribution in [0.5, 0.6) is 5.75 Å². The second-order valence-electron chi connectivity index (χ2n) is 6.13. The summed E-state index contributed by atoms with van der Waals surface area (Å²) in [6.45, 7) is 3.12. The molecule has 4 N–H and O–H groups in total. The summed E-state index contributed by atoms with van der Waals surface area (Å²) in [7, 11) is 0. The summed E-state index contributed by atoms with van der Waals surface area (Å²) in [6.07, 6.45) is 2.10. The summed E-state index contributed by atoms with van der Waals surface area (Å²) in [5.74, 6) is -1.82. The molecule has 0 unspecified atom stereocenters. The number of nitrogens with one attached hydrogen (secondary N) is 3. The molecule has 0 saturated carbocycles. The van der Waals surface area contributed by atoms with Crippen LogP contribution >= 0.6 is 0 Å². The van der Waals surface area contributed by atoms with Gasteiger partial charge in [-0.15, -0.1) is 0 Å². The number of hydrogen-bond donors (Lipinski definition) is 4. The van der Waals surface area contributed by atoms with Crippen LogP contribution in [-0.2, 0) is 4.79 Å². The third-order valence-electron chi connectivity index (χ3n) is 3.86. The van der Waals surface area contributed by atoms with Gasteiger partial charge in [0.15, 0.2) is 23.2 Å². The lowest BCUT2D eigenvalue weighted by atomic mass is 10.2. The Morgan fingerprint density at radius 3 is 2.61 bits per heavy atom. The van der Waals surface area contributed by atoms with E-state index in [2.05, 4.69) is 32.5 Å². The lowest BCUT2D eigenvalue weighted by Crippen LogP contribution is -2.08. The van der Waals surface area contributed by atoms with Gasteiger partial charge in [0.1, 0.15) is 6.61 Å². The van der Waals surface area contributed by atoms with Crippen LogP contribution in [0.1, 0.15) is 0 Å². The van der Waals surface area contributed by atoms with E-state index in [4.69, 9.17) is 9.84 Å². The predicted octanol–water partition coefficient (Wildman–Crippen LogP) is 3.74. The number of aliphatic hydroxyl groups is 1. The zero-order chi connectivity index (χ0) is 22.2. The van der Waals surface area contributed by atoms with Gasteiger partial charge in [0, 0.05) is 23.1 Å². The van der Waals surface area contributed by atoms with Crippen LogP contribution in [0.3, 0.4) is 0 Å². The van der Waals surface area contributed by atoms with E-state index in [1.165, 1.54) is 12.1 Å². The smallest absolute Gasteiger partial charge is 0.247 e. The minimum atomic E-state index is -0.704. The molecule has 0 saturated heterocycles. The van der Waals surface area contributed by atoms with E-state index < -0.39 is 11.6 Å². The number of rotatable bonds is 9. The Labute approximate surface area is 176 Å². The van der Waals surface area contributed by atoms with Crippen LogP contribution in [-0.4, -0.2) is 34.2 Å². The van der Waals surface area contributed by atoms with Crippen molar-refractivity contribution in [1.29, 1.82) is 0 Å². The highest BCUT2D eigenvalue weighted by Gasteiger charge is 2.10. The number of halogens is 2. The second kappa shape index (κ2) is 10.1. The fraction of sp³-hybridized carbons (Fsp3) is 0.0952. The molecule has 0 aliphatic carbocycles. The monoisotopic (exact) mass is 427 g/mol. The van der Waals surface area contributed by atoms with Gasteiger partial charge >= 0.3 is 0 Å². The minimum Gasteiger partial charge on any atom is -0.488 e. The Balaban J connectivity index is 1.75. The lowest BCUT2D eigenvalue weighted by molar-refractivity contribution is -0.111. The van der Waals surface area contributed by atoms with Crippen molar-refractivity contribution >= 4 is 34.7 Å². The predicted molar refractivity (Wildman–Crippen MR) is 113 cm³/mol. The van der Waals surface area contributed by atoms with Crippen molar-refractivity contribution in [2.24, 2.45) is 0 Å². The number of carbonyl (C=O) groups is 1. The summed E-state index contributed by atoms with van der Waals surface area (Å²) >= 11 is 0. The topological polar surface area (TPSA) is 108 Å². The maximum Gasteiger partial charge on any atom is 0.247 e. The first-order chi connectivity index (χ1) is 15.0. The number of hydrogen-bond acceptors (Lipinski definition) is 7. The molecule has 1 aromatic heterocycles. The maximum absolute atomic E-state index is 14.2. The first kappa shape index (κ1) is 21.7. The zero-order valence-corrected chi connectivity index (χ0v) is 16.2. The molecule has 3 rings (SSSR count). The molecule has 2 aromatic carbocycles. The van der Waals surface area contributed by atoms with E-state index in [9.17, 15) is 13.6 Å². The summed E-state index contributed by atoms with van der Waals surface area (Å²) < 4.78 is 33.3. The highest BCUT2D eigenvalue weighted by Crippen LogP contribution is 2.25. The molecule has 31 heavy (non-hydrogen) atoms.